The minimum atomic E-state index is -0.748. The Kier molecular flexibility index (Phi) is 3.94. The first-order valence-corrected chi connectivity index (χ1v) is 6.17. The summed E-state index contributed by atoms with van der Waals surface area (Å²) in [5, 5.41) is 2.58. The number of carbonyl (C=O) groups excluding carboxylic acids is 1. The van der Waals surface area contributed by atoms with E-state index >= 15 is 0 Å². The third kappa shape index (κ3) is 2.94. The molecule has 1 aromatic heterocycles. The van der Waals surface area contributed by atoms with Crippen LogP contribution in [0.4, 0.5) is 4.39 Å². The zero-order valence-electron chi connectivity index (χ0n) is 9.38. The summed E-state index contributed by atoms with van der Waals surface area (Å²) in [4.78, 5) is 15.4. The fourth-order valence-corrected chi connectivity index (χ4v) is 2.26. The van der Waals surface area contributed by atoms with E-state index in [9.17, 15) is 9.18 Å². The van der Waals surface area contributed by atoms with Crippen molar-refractivity contribution in [3.63, 3.8) is 0 Å². The summed E-state index contributed by atoms with van der Waals surface area (Å²) in [6.07, 6.45) is 6.70. The van der Waals surface area contributed by atoms with Gasteiger partial charge in [0, 0.05) is 12.2 Å². The molecule has 0 atom stereocenters. The number of rotatable bonds is 2. The molecule has 1 amide bonds. The molecule has 92 valence electrons. The molecule has 2 rings (SSSR count). The molecular formula is C12H14ClFN2O. The van der Waals surface area contributed by atoms with Crippen molar-refractivity contribution < 1.29 is 9.18 Å². The van der Waals surface area contributed by atoms with Gasteiger partial charge in [-0.15, -0.1) is 0 Å². The van der Waals surface area contributed by atoms with Crippen molar-refractivity contribution in [3.8, 4) is 0 Å². The van der Waals surface area contributed by atoms with Crippen molar-refractivity contribution >= 4 is 17.5 Å². The molecule has 1 N–H and O–H groups in total. The lowest BCUT2D eigenvalue weighted by Gasteiger charge is -2.22. The van der Waals surface area contributed by atoms with Gasteiger partial charge in [-0.25, -0.2) is 9.37 Å². The van der Waals surface area contributed by atoms with Crippen molar-refractivity contribution in [2.24, 2.45) is 0 Å². The number of halogens is 2. The predicted octanol–water partition coefficient (Wildman–Crippen LogP) is 2.94. The van der Waals surface area contributed by atoms with Gasteiger partial charge < -0.3 is 5.32 Å². The summed E-state index contributed by atoms with van der Waals surface area (Å²) >= 11 is 5.53. The van der Waals surface area contributed by atoms with Crippen LogP contribution in [0, 0.1) is 5.82 Å². The summed E-state index contributed by atoms with van der Waals surface area (Å²) in [5.41, 5.74) is -0.0319. The highest BCUT2D eigenvalue weighted by molar-refractivity contribution is 6.29. The second-order valence-electron chi connectivity index (χ2n) is 4.27. The van der Waals surface area contributed by atoms with Gasteiger partial charge in [-0.05, 0) is 18.9 Å². The molecule has 0 aromatic carbocycles. The normalized spacial score (nSPS) is 16.8. The van der Waals surface area contributed by atoms with Crippen LogP contribution in [-0.4, -0.2) is 16.9 Å². The summed E-state index contributed by atoms with van der Waals surface area (Å²) < 4.78 is 13.6. The van der Waals surface area contributed by atoms with E-state index in [2.05, 4.69) is 10.3 Å². The van der Waals surface area contributed by atoms with Crippen LogP contribution in [0.1, 0.15) is 42.5 Å². The van der Waals surface area contributed by atoms with Crippen molar-refractivity contribution in [1.82, 2.24) is 10.3 Å². The Hall–Kier alpha value is -1.16. The molecule has 0 bridgehead atoms. The number of carbonyl (C=O) groups is 1. The minimum absolute atomic E-state index is 0.0319. The lowest BCUT2D eigenvalue weighted by Crippen LogP contribution is -2.36. The Morgan fingerprint density at radius 2 is 2.12 bits per heavy atom. The van der Waals surface area contributed by atoms with Crippen LogP contribution >= 0.6 is 11.6 Å². The summed E-state index contributed by atoms with van der Waals surface area (Å²) in [5.74, 6) is -1.15. The highest BCUT2D eigenvalue weighted by atomic mass is 35.5. The number of amides is 1. The van der Waals surface area contributed by atoms with Gasteiger partial charge in [-0.3, -0.25) is 4.79 Å². The van der Waals surface area contributed by atoms with Gasteiger partial charge in [0.05, 0.1) is 5.56 Å². The number of nitrogens with zero attached hydrogens (tertiary/aromatic N) is 1. The number of hydrogen-bond acceptors (Lipinski definition) is 2. The van der Waals surface area contributed by atoms with Crippen molar-refractivity contribution in [1.29, 1.82) is 0 Å². The SMILES string of the molecule is O=C(NC1CCCCC1)c1ccnc(Cl)c1F. The smallest absolute Gasteiger partial charge is 0.254 e. The fraction of sp³-hybridized carbons (Fsp3) is 0.500. The third-order valence-electron chi connectivity index (χ3n) is 3.03. The van der Waals surface area contributed by atoms with Crippen molar-refractivity contribution in [2.75, 3.05) is 0 Å². The van der Waals surface area contributed by atoms with Crippen LogP contribution < -0.4 is 5.32 Å². The van der Waals surface area contributed by atoms with E-state index in [4.69, 9.17) is 11.6 Å². The molecule has 5 heteroatoms. The molecule has 3 nitrogen and oxygen atoms in total. The van der Waals surface area contributed by atoms with E-state index in [-0.39, 0.29) is 16.8 Å². The molecule has 0 aliphatic heterocycles. The van der Waals surface area contributed by atoms with Crippen LogP contribution in [-0.2, 0) is 0 Å². The maximum Gasteiger partial charge on any atom is 0.254 e. The number of aromatic nitrogens is 1. The van der Waals surface area contributed by atoms with E-state index in [1.54, 1.807) is 0 Å². The van der Waals surface area contributed by atoms with Gasteiger partial charge in [-0.1, -0.05) is 30.9 Å². The third-order valence-corrected chi connectivity index (χ3v) is 3.30. The average Bonchev–Trinajstić information content (AvgIpc) is 2.34. The van der Waals surface area contributed by atoms with Gasteiger partial charge in [0.1, 0.15) is 0 Å². The Balaban J connectivity index is 2.06. The van der Waals surface area contributed by atoms with Gasteiger partial charge in [-0.2, -0.15) is 0 Å². The van der Waals surface area contributed by atoms with Gasteiger partial charge in [0.2, 0.25) is 0 Å². The standard InChI is InChI=1S/C12H14ClFN2O/c13-11-10(14)9(6-7-15-11)12(17)16-8-4-2-1-3-5-8/h6-8H,1-5H2,(H,16,17). The van der Waals surface area contributed by atoms with Crippen molar-refractivity contribution in [2.45, 2.75) is 38.1 Å². The molecule has 1 saturated carbocycles. The number of hydrogen-bond donors (Lipinski definition) is 1. The zero-order valence-corrected chi connectivity index (χ0v) is 10.1. The van der Waals surface area contributed by atoms with Gasteiger partial charge in [0.25, 0.3) is 5.91 Å². The molecule has 1 heterocycles. The monoisotopic (exact) mass is 256 g/mol. The van der Waals surface area contributed by atoms with E-state index < -0.39 is 11.7 Å². The second kappa shape index (κ2) is 5.45. The summed E-state index contributed by atoms with van der Waals surface area (Å²) in [6, 6.07) is 1.50. The fourth-order valence-electron chi connectivity index (χ4n) is 2.10. The first-order chi connectivity index (χ1) is 8.18. The Labute approximate surface area is 104 Å². The lowest BCUT2D eigenvalue weighted by molar-refractivity contribution is 0.0923. The highest BCUT2D eigenvalue weighted by Gasteiger charge is 2.20. The molecule has 1 aliphatic rings. The van der Waals surface area contributed by atoms with Gasteiger partial charge >= 0.3 is 0 Å². The molecular weight excluding hydrogens is 243 g/mol. The van der Waals surface area contributed by atoms with E-state index in [0.29, 0.717) is 0 Å². The Bertz CT molecular complexity index is 419. The molecule has 0 radical (unpaired) electrons. The summed E-state index contributed by atoms with van der Waals surface area (Å²) in [6.45, 7) is 0. The molecule has 0 spiro atoms. The number of pyridine rings is 1. The van der Waals surface area contributed by atoms with Crippen molar-refractivity contribution in [3.05, 3.63) is 28.8 Å². The lowest BCUT2D eigenvalue weighted by atomic mass is 9.95. The summed E-state index contributed by atoms with van der Waals surface area (Å²) in [7, 11) is 0. The Morgan fingerprint density at radius 1 is 1.41 bits per heavy atom. The van der Waals surface area contributed by atoms with E-state index in [1.165, 1.54) is 18.7 Å². The van der Waals surface area contributed by atoms with Crippen LogP contribution in [0.25, 0.3) is 0 Å². The zero-order chi connectivity index (χ0) is 12.3. The highest BCUT2D eigenvalue weighted by Crippen LogP contribution is 2.19. The molecule has 1 fully saturated rings. The first-order valence-electron chi connectivity index (χ1n) is 5.79. The van der Waals surface area contributed by atoms with Crippen LogP contribution in [0.3, 0.4) is 0 Å². The van der Waals surface area contributed by atoms with E-state index in [0.717, 1.165) is 25.7 Å². The second-order valence-corrected chi connectivity index (χ2v) is 4.63. The molecule has 0 unspecified atom stereocenters. The first kappa shape index (κ1) is 12.3. The molecule has 0 saturated heterocycles. The average molecular weight is 257 g/mol. The maximum atomic E-state index is 13.6. The van der Waals surface area contributed by atoms with Crippen LogP contribution in [0.5, 0.6) is 0 Å². The molecule has 17 heavy (non-hydrogen) atoms. The maximum absolute atomic E-state index is 13.6. The molecule has 1 aromatic rings. The number of nitrogens with one attached hydrogen (secondary N) is 1. The largest absolute Gasteiger partial charge is 0.349 e. The Morgan fingerprint density at radius 3 is 2.82 bits per heavy atom. The minimum Gasteiger partial charge on any atom is -0.349 e. The van der Waals surface area contributed by atoms with Crippen LogP contribution in [0.15, 0.2) is 12.3 Å². The van der Waals surface area contributed by atoms with Gasteiger partial charge in [0.15, 0.2) is 11.0 Å². The topological polar surface area (TPSA) is 42.0 Å². The quantitative estimate of drug-likeness (QED) is 0.827. The molecule has 1 aliphatic carbocycles. The van der Waals surface area contributed by atoms with Crippen LogP contribution in [0.2, 0.25) is 5.15 Å². The predicted molar refractivity (Wildman–Crippen MR) is 63.5 cm³/mol. The van der Waals surface area contributed by atoms with E-state index in [1.807, 2.05) is 0 Å².